The second kappa shape index (κ2) is 10.9. The molecule has 0 N–H and O–H groups in total. The molecule has 0 spiro atoms. The molecule has 180 valence electrons. The van der Waals surface area contributed by atoms with Gasteiger partial charge in [0.1, 0.15) is 0 Å². The quantitative estimate of drug-likeness (QED) is 0.271. The molecule has 0 saturated carbocycles. The minimum Gasteiger partial charge on any atom is -0.295 e. The van der Waals surface area contributed by atoms with E-state index < -0.39 is 0 Å². The largest absolute Gasteiger partial charge is 0.295 e. The highest BCUT2D eigenvalue weighted by Crippen LogP contribution is 2.35. The summed E-state index contributed by atoms with van der Waals surface area (Å²) in [5.41, 5.74) is 8.82. The maximum Gasteiger partial charge on any atom is 0.159 e. The third kappa shape index (κ3) is 6.36. The molecule has 0 radical (unpaired) electrons. The number of benzene rings is 4. The van der Waals surface area contributed by atoms with Crippen molar-refractivity contribution in [2.24, 2.45) is 0 Å². The Morgan fingerprint density at radius 1 is 0.514 bits per heavy atom. The first-order chi connectivity index (χ1) is 16.5. The van der Waals surface area contributed by atoms with Gasteiger partial charge in [-0.15, -0.1) is 0 Å². The number of ketones is 1. The van der Waals surface area contributed by atoms with E-state index in [1.54, 1.807) is 6.92 Å². The normalized spacial score (nSPS) is 11.4. The Morgan fingerprint density at radius 2 is 0.971 bits per heavy atom. The summed E-state index contributed by atoms with van der Waals surface area (Å²) in [5, 5.41) is 0. The summed E-state index contributed by atoms with van der Waals surface area (Å²) in [7, 11) is 0. The van der Waals surface area contributed by atoms with Crippen molar-refractivity contribution >= 4 is 5.78 Å². The van der Waals surface area contributed by atoms with Crippen molar-refractivity contribution < 1.29 is 4.79 Å². The molecule has 0 atom stereocenters. The highest BCUT2D eigenvalue weighted by molar-refractivity contribution is 5.93. The SMILES string of the molecule is CC(=O)c1ccccc1.Cc1ccc(C(C)(C)c2ccc(C(C)(C)c3cccc(C)c3)cc2)cc1. The molecular formula is C34H38O. The first kappa shape index (κ1) is 26.2. The van der Waals surface area contributed by atoms with Gasteiger partial charge in [-0.25, -0.2) is 0 Å². The number of Topliss-reactive ketones (excluding diaryl/α,β-unsaturated/α-hetero) is 1. The Hall–Kier alpha value is -3.45. The molecule has 0 fully saturated rings. The summed E-state index contributed by atoms with van der Waals surface area (Å²) >= 11 is 0. The van der Waals surface area contributed by atoms with Crippen molar-refractivity contribution in [3.05, 3.63) is 142 Å². The Morgan fingerprint density at radius 3 is 1.40 bits per heavy atom. The molecule has 0 aliphatic carbocycles. The third-order valence-electron chi connectivity index (χ3n) is 7.02. The van der Waals surface area contributed by atoms with Crippen LogP contribution in [-0.2, 0) is 10.8 Å². The van der Waals surface area contributed by atoms with Gasteiger partial charge in [0.25, 0.3) is 0 Å². The predicted molar refractivity (Wildman–Crippen MR) is 150 cm³/mol. The summed E-state index contributed by atoms with van der Waals surface area (Å²) in [4.78, 5) is 10.6. The minimum atomic E-state index is -0.00144. The Bertz CT molecular complexity index is 1240. The van der Waals surface area contributed by atoms with Crippen LogP contribution in [0.4, 0.5) is 0 Å². The van der Waals surface area contributed by atoms with E-state index in [1.165, 1.54) is 33.4 Å². The van der Waals surface area contributed by atoms with Crippen LogP contribution in [0, 0.1) is 13.8 Å². The zero-order chi connectivity index (χ0) is 25.6. The molecule has 0 unspecified atom stereocenters. The molecule has 0 bridgehead atoms. The lowest BCUT2D eigenvalue weighted by atomic mass is 9.74. The average Bonchev–Trinajstić information content (AvgIpc) is 2.85. The van der Waals surface area contributed by atoms with Gasteiger partial charge in [0, 0.05) is 16.4 Å². The maximum absolute atomic E-state index is 10.6. The van der Waals surface area contributed by atoms with Crippen molar-refractivity contribution in [1.29, 1.82) is 0 Å². The smallest absolute Gasteiger partial charge is 0.159 e. The monoisotopic (exact) mass is 462 g/mol. The lowest BCUT2D eigenvalue weighted by Gasteiger charge is -2.29. The van der Waals surface area contributed by atoms with Crippen LogP contribution in [0.1, 0.15) is 78.4 Å². The second-order valence-corrected chi connectivity index (χ2v) is 10.5. The third-order valence-corrected chi connectivity index (χ3v) is 7.02. The number of hydrogen-bond acceptors (Lipinski definition) is 1. The van der Waals surface area contributed by atoms with Crippen LogP contribution in [0.2, 0.25) is 0 Å². The van der Waals surface area contributed by atoms with Crippen LogP contribution < -0.4 is 0 Å². The number of aryl methyl sites for hydroxylation is 2. The molecule has 0 aliphatic rings. The Kier molecular flexibility index (Phi) is 8.12. The number of carbonyl (C=O) groups excluding carboxylic acids is 1. The van der Waals surface area contributed by atoms with Gasteiger partial charge in [-0.05, 0) is 43.0 Å². The van der Waals surface area contributed by atoms with E-state index in [9.17, 15) is 4.79 Å². The topological polar surface area (TPSA) is 17.1 Å². The van der Waals surface area contributed by atoms with Crippen LogP contribution in [0.15, 0.2) is 103 Å². The van der Waals surface area contributed by atoms with Crippen LogP contribution in [0.5, 0.6) is 0 Å². The van der Waals surface area contributed by atoms with Gasteiger partial charge in [0.2, 0.25) is 0 Å². The van der Waals surface area contributed by atoms with E-state index in [1.807, 2.05) is 30.3 Å². The van der Waals surface area contributed by atoms with Crippen molar-refractivity contribution in [2.75, 3.05) is 0 Å². The average molecular weight is 463 g/mol. The molecule has 4 aromatic rings. The first-order valence-corrected chi connectivity index (χ1v) is 12.3. The highest BCUT2D eigenvalue weighted by atomic mass is 16.1. The number of carbonyl (C=O) groups is 1. The molecule has 4 aromatic carbocycles. The maximum atomic E-state index is 10.6. The zero-order valence-electron chi connectivity index (χ0n) is 22.2. The molecule has 0 aromatic heterocycles. The first-order valence-electron chi connectivity index (χ1n) is 12.3. The fourth-order valence-electron chi connectivity index (χ4n) is 4.31. The molecule has 35 heavy (non-hydrogen) atoms. The van der Waals surface area contributed by atoms with Gasteiger partial charge in [-0.3, -0.25) is 4.79 Å². The van der Waals surface area contributed by atoms with Crippen LogP contribution in [0.25, 0.3) is 0 Å². The van der Waals surface area contributed by atoms with Gasteiger partial charge in [-0.1, -0.05) is 142 Å². The lowest BCUT2D eigenvalue weighted by Crippen LogP contribution is -2.21. The van der Waals surface area contributed by atoms with Crippen molar-refractivity contribution in [2.45, 2.75) is 59.3 Å². The van der Waals surface area contributed by atoms with Gasteiger partial charge in [0.15, 0.2) is 5.78 Å². The lowest BCUT2D eigenvalue weighted by molar-refractivity contribution is 0.101. The molecular weight excluding hydrogens is 424 g/mol. The minimum absolute atomic E-state index is 0.000290. The van der Waals surface area contributed by atoms with Gasteiger partial charge in [0.05, 0.1) is 0 Å². The molecule has 0 amide bonds. The summed E-state index contributed by atoms with van der Waals surface area (Å²) in [6.07, 6.45) is 0. The van der Waals surface area contributed by atoms with Crippen LogP contribution in [0.3, 0.4) is 0 Å². The predicted octanol–water partition coefficient (Wildman–Crippen LogP) is 8.84. The zero-order valence-corrected chi connectivity index (χ0v) is 22.2. The van der Waals surface area contributed by atoms with E-state index in [-0.39, 0.29) is 16.6 Å². The Labute approximate surface area is 211 Å². The van der Waals surface area contributed by atoms with E-state index in [4.69, 9.17) is 0 Å². The molecule has 1 nitrogen and oxygen atoms in total. The summed E-state index contributed by atoms with van der Waals surface area (Å²) < 4.78 is 0. The molecule has 0 heterocycles. The van der Waals surface area contributed by atoms with E-state index in [0.29, 0.717) is 0 Å². The second-order valence-electron chi connectivity index (χ2n) is 10.5. The molecule has 1 heteroatoms. The molecule has 0 saturated heterocycles. The summed E-state index contributed by atoms with van der Waals surface area (Å²) in [5.74, 6) is 0.121. The number of rotatable bonds is 5. The van der Waals surface area contributed by atoms with Gasteiger partial charge >= 0.3 is 0 Å². The fourth-order valence-corrected chi connectivity index (χ4v) is 4.31. The van der Waals surface area contributed by atoms with E-state index >= 15 is 0 Å². The highest BCUT2D eigenvalue weighted by Gasteiger charge is 2.26. The van der Waals surface area contributed by atoms with E-state index in [2.05, 4.69) is 114 Å². The van der Waals surface area contributed by atoms with Gasteiger partial charge in [-0.2, -0.15) is 0 Å². The van der Waals surface area contributed by atoms with Gasteiger partial charge < -0.3 is 0 Å². The van der Waals surface area contributed by atoms with Crippen molar-refractivity contribution in [3.63, 3.8) is 0 Å². The van der Waals surface area contributed by atoms with Crippen LogP contribution in [-0.4, -0.2) is 5.78 Å². The van der Waals surface area contributed by atoms with Crippen LogP contribution >= 0.6 is 0 Å². The standard InChI is InChI=1S/C26H30.C8H8O/c1-19-10-12-21(13-11-19)25(3,4)22-14-16-23(17-15-22)26(5,6)24-9-7-8-20(2)18-24;1-7(9)8-5-3-2-4-6-8/h7-18H,1-6H3;2-6H,1H3. The summed E-state index contributed by atoms with van der Waals surface area (Å²) in [6.45, 7) is 15.1. The number of hydrogen-bond donors (Lipinski definition) is 0. The van der Waals surface area contributed by atoms with Crippen molar-refractivity contribution in [1.82, 2.24) is 0 Å². The van der Waals surface area contributed by atoms with Crippen molar-refractivity contribution in [3.8, 4) is 0 Å². The molecule has 0 aliphatic heterocycles. The van der Waals surface area contributed by atoms with E-state index in [0.717, 1.165) is 5.56 Å². The Balaban J connectivity index is 0.000000320. The molecule has 4 rings (SSSR count). The summed E-state index contributed by atoms with van der Waals surface area (Å²) in [6, 6.07) is 36.2. The fraction of sp³-hybridized carbons (Fsp3) is 0.265.